The number of benzene rings is 3. The summed E-state index contributed by atoms with van der Waals surface area (Å²) in [6.45, 7) is -0.0974. The largest absolute Gasteiger partial charge is 0.455 e. The number of carbonyl (C=O) groups is 1. The highest BCUT2D eigenvalue weighted by molar-refractivity contribution is 7.99. The summed E-state index contributed by atoms with van der Waals surface area (Å²) in [5, 5.41) is 17.2. The topological polar surface area (TPSA) is 95.9 Å². The lowest BCUT2D eigenvalue weighted by Gasteiger charge is -2.10. The predicted molar refractivity (Wildman–Crippen MR) is 127 cm³/mol. The molecule has 168 valence electrons. The summed E-state index contributed by atoms with van der Waals surface area (Å²) >= 11 is 1.25. The van der Waals surface area contributed by atoms with E-state index in [1.165, 1.54) is 11.8 Å². The number of para-hydroxylation sites is 1. The predicted octanol–water partition coefficient (Wildman–Crippen LogP) is 4.82. The van der Waals surface area contributed by atoms with Gasteiger partial charge in [0.25, 0.3) is 5.89 Å². The molecule has 0 aliphatic rings. The van der Waals surface area contributed by atoms with E-state index in [2.05, 4.69) is 20.4 Å². The molecule has 0 aliphatic heterocycles. The van der Waals surface area contributed by atoms with Gasteiger partial charge in [0.1, 0.15) is 0 Å². The Bertz CT molecular complexity index is 1370. The molecule has 34 heavy (non-hydrogen) atoms. The van der Waals surface area contributed by atoms with Crippen molar-refractivity contribution in [3.63, 3.8) is 0 Å². The molecule has 5 rings (SSSR count). The number of hydrogen-bond donors (Lipinski definition) is 0. The Morgan fingerprint density at radius 2 is 1.44 bits per heavy atom. The van der Waals surface area contributed by atoms with Gasteiger partial charge in [-0.1, -0.05) is 78.5 Å². The molecule has 0 saturated heterocycles. The van der Waals surface area contributed by atoms with E-state index in [9.17, 15) is 4.79 Å². The monoisotopic (exact) mass is 469 g/mol. The third-order valence-corrected chi connectivity index (χ3v) is 5.75. The molecule has 0 spiro atoms. The lowest BCUT2D eigenvalue weighted by molar-refractivity contribution is -0.142. The third-order valence-electron chi connectivity index (χ3n) is 4.84. The maximum atomic E-state index is 12.4. The molecule has 0 amide bonds. The number of nitrogens with zero attached hydrogens (tertiary/aromatic N) is 5. The van der Waals surface area contributed by atoms with Crippen LogP contribution in [0.3, 0.4) is 0 Å². The summed E-state index contributed by atoms with van der Waals surface area (Å²) in [4.78, 5) is 12.4. The fraction of sp³-hybridized carbons (Fsp3) is 0.0800. The third kappa shape index (κ3) is 4.89. The van der Waals surface area contributed by atoms with E-state index in [1.54, 1.807) is 0 Å². The van der Waals surface area contributed by atoms with Crippen molar-refractivity contribution in [1.29, 1.82) is 0 Å². The van der Waals surface area contributed by atoms with Crippen molar-refractivity contribution in [3.8, 4) is 28.5 Å². The van der Waals surface area contributed by atoms with Crippen molar-refractivity contribution >= 4 is 17.7 Å². The Labute approximate surface area is 199 Å². The number of ether oxygens (including phenoxy) is 1. The van der Waals surface area contributed by atoms with Gasteiger partial charge in [-0.15, -0.1) is 20.4 Å². The number of carbonyl (C=O) groups excluding carboxylic acids is 1. The quantitative estimate of drug-likeness (QED) is 0.236. The molecule has 0 bridgehead atoms. The molecule has 8 nitrogen and oxygen atoms in total. The number of hydrogen-bond acceptors (Lipinski definition) is 8. The Kier molecular flexibility index (Phi) is 6.44. The smallest absolute Gasteiger partial charge is 0.316 e. The van der Waals surface area contributed by atoms with Crippen LogP contribution in [0.1, 0.15) is 5.89 Å². The van der Waals surface area contributed by atoms with Gasteiger partial charge < -0.3 is 9.15 Å². The molecule has 0 unspecified atom stereocenters. The number of aromatic nitrogens is 5. The van der Waals surface area contributed by atoms with Crippen LogP contribution in [0.4, 0.5) is 0 Å². The van der Waals surface area contributed by atoms with Crippen molar-refractivity contribution in [2.45, 2.75) is 11.8 Å². The summed E-state index contributed by atoms with van der Waals surface area (Å²) in [6.07, 6.45) is 0. The van der Waals surface area contributed by atoms with Gasteiger partial charge in [0.15, 0.2) is 17.6 Å². The zero-order valence-electron chi connectivity index (χ0n) is 17.9. The molecule has 9 heteroatoms. The van der Waals surface area contributed by atoms with Crippen molar-refractivity contribution < 1.29 is 13.9 Å². The van der Waals surface area contributed by atoms with Crippen LogP contribution in [0.5, 0.6) is 0 Å². The Morgan fingerprint density at radius 1 is 0.794 bits per heavy atom. The van der Waals surface area contributed by atoms with Crippen LogP contribution in [0.2, 0.25) is 0 Å². The van der Waals surface area contributed by atoms with Crippen LogP contribution in [0.25, 0.3) is 28.5 Å². The average Bonchev–Trinajstić information content (AvgIpc) is 3.55. The second-order valence-corrected chi connectivity index (χ2v) is 8.10. The van der Waals surface area contributed by atoms with Gasteiger partial charge in [-0.2, -0.15) is 0 Å². The summed E-state index contributed by atoms with van der Waals surface area (Å²) in [6, 6.07) is 29.0. The molecule has 2 heterocycles. The van der Waals surface area contributed by atoms with Gasteiger partial charge >= 0.3 is 5.97 Å². The fourth-order valence-corrected chi connectivity index (χ4v) is 4.01. The summed E-state index contributed by atoms with van der Waals surface area (Å²) in [5.74, 6) is 0.941. The Balaban J connectivity index is 1.26. The fourth-order valence-electron chi connectivity index (χ4n) is 3.26. The van der Waals surface area contributed by atoms with Gasteiger partial charge in [0.05, 0.1) is 5.75 Å². The second-order valence-electron chi connectivity index (χ2n) is 7.16. The van der Waals surface area contributed by atoms with Crippen LogP contribution in [0.15, 0.2) is 101 Å². The second kappa shape index (κ2) is 10.1. The van der Waals surface area contributed by atoms with Gasteiger partial charge in [0.2, 0.25) is 5.89 Å². The van der Waals surface area contributed by atoms with Crippen LogP contribution in [-0.4, -0.2) is 36.7 Å². The van der Waals surface area contributed by atoms with Gasteiger partial charge in [-0.05, 0) is 24.3 Å². The van der Waals surface area contributed by atoms with E-state index in [1.807, 2.05) is 95.6 Å². The normalized spacial score (nSPS) is 10.8. The highest BCUT2D eigenvalue weighted by Gasteiger charge is 2.18. The summed E-state index contributed by atoms with van der Waals surface area (Å²) < 4.78 is 12.8. The zero-order valence-corrected chi connectivity index (χ0v) is 18.8. The summed E-state index contributed by atoms with van der Waals surface area (Å²) in [5.41, 5.74) is 2.64. The molecule has 0 N–H and O–H groups in total. The number of rotatable bonds is 8. The van der Waals surface area contributed by atoms with E-state index in [-0.39, 0.29) is 18.3 Å². The molecule has 0 atom stereocenters. The van der Waals surface area contributed by atoms with Crippen molar-refractivity contribution in [2.75, 3.05) is 5.75 Å². The van der Waals surface area contributed by atoms with Crippen molar-refractivity contribution in [1.82, 2.24) is 25.0 Å². The number of esters is 1. The van der Waals surface area contributed by atoms with E-state index in [4.69, 9.17) is 9.15 Å². The first-order chi connectivity index (χ1) is 16.8. The summed E-state index contributed by atoms with van der Waals surface area (Å²) in [7, 11) is 0. The molecule has 2 aromatic heterocycles. The van der Waals surface area contributed by atoms with E-state index in [0.717, 1.165) is 16.8 Å². The van der Waals surface area contributed by atoms with E-state index >= 15 is 0 Å². The maximum absolute atomic E-state index is 12.4. The highest BCUT2D eigenvalue weighted by Crippen LogP contribution is 2.28. The molecular weight excluding hydrogens is 450 g/mol. The molecule has 5 aromatic rings. The SMILES string of the molecule is O=C(CSc1nnc(-c2ccccc2)n1-c1ccccc1)OCc1nnc(-c2ccccc2)o1. The molecular formula is C25H19N5O3S. The Hall–Kier alpha value is -4.24. The van der Waals surface area contributed by atoms with Crippen LogP contribution >= 0.6 is 11.8 Å². The van der Waals surface area contributed by atoms with Gasteiger partial charge in [-0.3, -0.25) is 9.36 Å². The molecule has 0 aliphatic carbocycles. The average molecular weight is 470 g/mol. The van der Waals surface area contributed by atoms with Gasteiger partial charge in [0, 0.05) is 16.8 Å². The van der Waals surface area contributed by atoms with Crippen LogP contribution in [0, 0.1) is 0 Å². The highest BCUT2D eigenvalue weighted by atomic mass is 32.2. The standard InChI is InChI=1S/C25H19N5O3S/c31-22(32-16-21-26-28-24(33-21)19-12-6-2-7-13-19)17-34-25-29-27-23(18-10-4-1-5-11-18)30(25)20-14-8-3-9-15-20/h1-15H,16-17H2. The van der Waals surface area contributed by atoms with Crippen LogP contribution in [-0.2, 0) is 16.1 Å². The maximum Gasteiger partial charge on any atom is 0.316 e. The minimum atomic E-state index is -0.423. The zero-order chi connectivity index (χ0) is 23.2. The first-order valence-corrected chi connectivity index (χ1v) is 11.5. The molecule has 0 fully saturated rings. The Morgan fingerprint density at radius 3 is 2.15 bits per heavy atom. The minimum absolute atomic E-state index is 0.0550. The molecule has 3 aromatic carbocycles. The molecule has 0 radical (unpaired) electrons. The first kappa shape index (κ1) is 21.6. The van der Waals surface area contributed by atoms with Crippen molar-refractivity contribution in [2.24, 2.45) is 0 Å². The van der Waals surface area contributed by atoms with Gasteiger partial charge in [-0.25, -0.2) is 0 Å². The van der Waals surface area contributed by atoms with E-state index < -0.39 is 5.97 Å². The van der Waals surface area contributed by atoms with E-state index in [0.29, 0.717) is 16.9 Å². The lowest BCUT2D eigenvalue weighted by Crippen LogP contribution is -2.08. The minimum Gasteiger partial charge on any atom is -0.455 e. The first-order valence-electron chi connectivity index (χ1n) is 10.5. The lowest BCUT2D eigenvalue weighted by atomic mass is 10.2. The van der Waals surface area contributed by atoms with Crippen LogP contribution < -0.4 is 0 Å². The molecule has 0 saturated carbocycles. The van der Waals surface area contributed by atoms with Crippen molar-refractivity contribution in [3.05, 3.63) is 96.9 Å². The number of thioether (sulfide) groups is 1.